The molecule has 9 heteroatoms. The van der Waals surface area contributed by atoms with Crippen LogP contribution in [0.2, 0.25) is 0 Å². The zero-order valence-electron chi connectivity index (χ0n) is 15.9. The van der Waals surface area contributed by atoms with Gasteiger partial charge in [0.2, 0.25) is 5.82 Å². The van der Waals surface area contributed by atoms with Gasteiger partial charge in [-0.3, -0.25) is 10.5 Å². The molecular formula is C20H21N5O4. The van der Waals surface area contributed by atoms with Crippen LogP contribution in [0.1, 0.15) is 41.5 Å². The number of rotatable bonds is 7. The first-order chi connectivity index (χ1) is 14.1. The Hall–Kier alpha value is -3.46. The van der Waals surface area contributed by atoms with Crippen molar-refractivity contribution in [1.29, 1.82) is 0 Å². The number of ether oxygens (including phenoxy) is 3. The maximum atomic E-state index is 13.1. The fourth-order valence-electron chi connectivity index (χ4n) is 2.95. The number of aromatic amines is 1. The van der Waals surface area contributed by atoms with E-state index in [0.717, 1.165) is 18.6 Å². The van der Waals surface area contributed by atoms with Gasteiger partial charge < -0.3 is 14.2 Å². The van der Waals surface area contributed by atoms with Crippen molar-refractivity contribution in [2.75, 3.05) is 13.2 Å². The molecule has 0 bridgehead atoms. The number of nitrogens with two attached hydrogens (primary N) is 1. The fraction of sp³-hybridized carbons (Fsp3) is 0.300. The van der Waals surface area contributed by atoms with E-state index in [4.69, 9.17) is 19.9 Å². The van der Waals surface area contributed by atoms with Crippen LogP contribution >= 0.6 is 0 Å². The van der Waals surface area contributed by atoms with Gasteiger partial charge in [0.25, 0.3) is 5.72 Å². The molecule has 2 heterocycles. The largest absolute Gasteiger partial charge is 0.494 e. The Morgan fingerprint density at radius 1 is 1.28 bits per heavy atom. The second kappa shape index (κ2) is 7.88. The van der Waals surface area contributed by atoms with Crippen LogP contribution in [0.25, 0.3) is 0 Å². The summed E-state index contributed by atoms with van der Waals surface area (Å²) >= 11 is 0. The van der Waals surface area contributed by atoms with E-state index in [1.54, 1.807) is 42.5 Å². The summed E-state index contributed by atoms with van der Waals surface area (Å²) in [5.41, 5.74) is 5.65. The number of fused-ring (bicyclic) bond motifs is 1. The van der Waals surface area contributed by atoms with Gasteiger partial charge in [0, 0.05) is 5.56 Å². The lowest BCUT2D eigenvalue weighted by Gasteiger charge is -2.33. The van der Waals surface area contributed by atoms with Crippen molar-refractivity contribution >= 4 is 5.78 Å². The van der Waals surface area contributed by atoms with E-state index in [9.17, 15) is 4.79 Å². The summed E-state index contributed by atoms with van der Waals surface area (Å²) in [7, 11) is 0. The van der Waals surface area contributed by atoms with E-state index in [1.165, 1.54) is 0 Å². The number of para-hydroxylation sites is 1. The predicted octanol–water partition coefficient (Wildman–Crippen LogP) is 2.19. The maximum absolute atomic E-state index is 13.1. The third kappa shape index (κ3) is 3.77. The first kappa shape index (κ1) is 18.9. The lowest BCUT2D eigenvalue weighted by Crippen LogP contribution is -2.51. The van der Waals surface area contributed by atoms with E-state index in [2.05, 4.69) is 27.5 Å². The summed E-state index contributed by atoms with van der Waals surface area (Å²) in [5, 5.41) is 13.6. The molecule has 1 aromatic heterocycles. The molecular weight excluding hydrogens is 374 g/mol. The van der Waals surface area contributed by atoms with Crippen LogP contribution in [-0.4, -0.2) is 39.6 Å². The number of ketones is 1. The second-order valence-corrected chi connectivity index (χ2v) is 6.70. The molecule has 1 atom stereocenters. The molecule has 150 valence electrons. The van der Waals surface area contributed by atoms with Gasteiger partial charge >= 0.3 is 0 Å². The highest BCUT2D eigenvalue weighted by atomic mass is 16.6. The van der Waals surface area contributed by atoms with E-state index >= 15 is 0 Å². The number of carbonyl (C=O) groups is 1. The Kier molecular flexibility index (Phi) is 5.13. The van der Waals surface area contributed by atoms with Crippen LogP contribution in [0.4, 0.5) is 0 Å². The summed E-state index contributed by atoms with van der Waals surface area (Å²) in [6.07, 6.45) is 2.04. The molecule has 0 aliphatic carbocycles. The minimum atomic E-state index is -1.45. The van der Waals surface area contributed by atoms with Crippen molar-refractivity contribution in [1.82, 2.24) is 20.6 Å². The number of aromatic nitrogens is 4. The van der Waals surface area contributed by atoms with Gasteiger partial charge in [0.1, 0.15) is 12.4 Å². The second-order valence-electron chi connectivity index (χ2n) is 6.70. The summed E-state index contributed by atoms with van der Waals surface area (Å²) in [5.74, 6) is 1.32. The quantitative estimate of drug-likeness (QED) is 0.461. The molecule has 0 spiro atoms. The molecule has 1 aliphatic heterocycles. The summed E-state index contributed by atoms with van der Waals surface area (Å²) in [6, 6.07) is 12.1. The monoisotopic (exact) mass is 395 g/mol. The Morgan fingerprint density at radius 2 is 2.10 bits per heavy atom. The number of H-pyrrole nitrogens is 1. The van der Waals surface area contributed by atoms with Gasteiger partial charge in [0.05, 0.1) is 12.2 Å². The van der Waals surface area contributed by atoms with Crippen LogP contribution in [0.3, 0.4) is 0 Å². The zero-order chi connectivity index (χ0) is 20.3. The Labute approximate surface area is 167 Å². The Balaban J connectivity index is 1.59. The minimum Gasteiger partial charge on any atom is -0.494 e. The SMILES string of the molecule is CCCCOc1ccc(C(=O)c2cccc3c2OC(N)(c2nn[nH]n2)CO3)cc1. The number of carbonyl (C=O) groups excluding carboxylic acids is 1. The van der Waals surface area contributed by atoms with Crippen LogP contribution in [-0.2, 0) is 5.72 Å². The van der Waals surface area contributed by atoms with Crippen LogP contribution < -0.4 is 19.9 Å². The highest BCUT2D eigenvalue weighted by Crippen LogP contribution is 2.40. The van der Waals surface area contributed by atoms with Crippen molar-refractivity contribution in [2.45, 2.75) is 25.5 Å². The van der Waals surface area contributed by atoms with E-state index in [-0.39, 0.29) is 24.0 Å². The number of benzene rings is 2. The number of nitrogens with one attached hydrogen (secondary N) is 1. The molecule has 9 nitrogen and oxygen atoms in total. The molecule has 2 aromatic carbocycles. The van der Waals surface area contributed by atoms with Crippen LogP contribution in [0, 0.1) is 0 Å². The summed E-state index contributed by atoms with van der Waals surface area (Å²) < 4.78 is 17.3. The predicted molar refractivity (Wildman–Crippen MR) is 103 cm³/mol. The average Bonchev–Trinajstić information content (AvgIpc) is 3.29. The van der Waals surface area contributed by atoms with Gasteiger partial charge in [-0.2, -0.15) is 5.21 Å². The number of hydrogen-bond donors (Lipinski definition) is 2. The normalized spacial score (nSPS) is 17.7. The first-order valence-corrected chi connectivity index (χ1v) is 9.36. The lowest BCUT2D eigenvalue weighted by atomic mass is 10.0. The average molecular weight is 395 g/mol. The van der Waals surface area contributed by atoms with Crippen molar-refractivity contribution in [3.63, 3.8) is 0 Å². The number of unbranched alkanes of at least 4 members (excludes halogenated alkanes) is 1. The topological polar surface area (TPSA) is 125 Å². The number of nitrogens with zero attached hydrogens (tertiary/aromatic N) is 3. The molecule has 0 saturated heterocycles. The van der Waals surface area contributed by atoms with E-state index in [0.29, 0.717) is 23.5 Å². The number of hydrogen-bond acceptors (Lipinski definition) is 8. The molecule has 3 N–H and O–H groups in total. The van der Waals surface area contributed by atoms with Gasteiger partial charge in [-0.1, -0.05) is 19.4 Å². The van der Waals surface area contributed by atoms with Crippen LogP contribution in [0.15, 0.2) is 42.5 Å². The first-order valence-electron chi connectivity index (χ1n) is 9.36. The zero-order valence-corrected chi connectivity index (χ0v) is 15.9. The van der Waals surface area contributed by atoms with Gasteiger partial charge in [-0.05, 0) is 48.0 Å². The molecule has 4 rings (SSSR count). The third-order valence-electron chi connectivity index (χ3n) is 4.56. The summed E-state index contributed by atoms with van der Waals surface area (Å²) in [4.78, 5) is 13.1. The fourth-order valence-corrected chi connectivity index (χ4v) is 2.95. The molecule has 0 saturated carbocycles. The molecule has 0 fully saturated rings. The van der Waals surface area contributed by atoms with Crippen molar-refractivity contribution in [3.8, 4) is 17.2 Å². The Bertz CT molecular complexity index is 991. The third-order valence-corrected chi connectivity index (χ3v) is 4.56. The molecule has 1 unspecified atom stereocenters. The highest BCUT2D eigenvalue weighted by molar-refractivity contribution is 6.11. The highest BCUT2D eigenvalue weighted by Gasteiger charge is 2.41. The number of tetrazole rings is 1. The van der Waals surface area contributed by atoms with Crippen molar-refractivity contribution in [3.05, 3.63) is 59.4 Å². The van der Waals surface area contributed by atoms with Crippen molar-refractivity contribution in [2.24, 2.45) is 5.73 Å². The molecule has 0 radical (unpaired) electrons. The Morgan fingerprint density at radius 3 is 2.83 bits per heavy atom. The van der Waals surface area contributed by atoms with Gasteiger partial charge in [-0.25, -0.2) is 0 Å². The lowest BCUT2D eigenvalue weighted by molar-refractivity contribution is -0.0154. The van der Waals surface area contributed by atoms with Crippen LogP contribution in [0.5, 0.6) is 17.2 Å². The molecule has 29 heavy (non-hydrogen) atoms. The smallest absolute Gasteiger partial charge is 0.257 e. The van der Waals surface area contributed by atoms with E-state index < -0.39 is 5.72 Å². The molecule has 0 amide bonds. The minimum absolute atomic E-state index is 0.0129. The molecule has 1 aliphatic rings. The standard InChI is InChI=1S/C20H21N5O4/c1-2-3-11-27-14-9-7-13(8-10-14)17(26)15-5-4-6-16-18(15)29-20(21,12-28-16)19-22-24-25-23-19/h4-10H,2-3,11-12,21H2,1H3,(H,22,23,24,25). The summed E-state index contributed by atoms with van der Waals surface area (Å²) in [6.45, 7) is 2.74. The maximum Gasteiger partial charge on any atom is 0.257 e. The van der Waals surface area contributed by atoms with Gasteiger partial charge in [-0.15, -0.1) is 10.2 Å². The van der Waals surface area contributed by atoms with E-state index in [1.807, 2.05) is 0 Å². The van der Waals surface area contributed by atoms with Gasteiger partial charge in [0.15, 0.2) is 17.3 Å². The molecule has 3 aromatic rings. The van der Waals surface area contributed by atoms with Crippen molar-refractivity contribution < 1.29 is 19.0 Å².